The molecule has 4 heteroatoms. The van der Waals surface area contributed by atoms with E-state index in [1.54, 1.807) is 11.8 Å². The van der Waals surface area contributed by atoms with Crippen molar-refractivity contribution in [2.45, 2.75) is 18.1 Å². The second kappa shape index (κ2) is 3.27. The molecule has 11 heavy (non-hydrogen) atoms. The van der Waals surface area contributed by atoms with Crippen molar-refractivity contribution in [3.05, 3.63) is 0 Å². The zero-order valence-electron chi connectivity index (χ0n) is 6.41. The minimum atomic E-state index is -0.664. The van der Waals surface area contributed by atoms with E-state index in [9.17, 15) is 4.79 Å². The number of carboxylic acid groups (broad SMARTS) is 1. The van der Waals surface area contributed by atoms with Gasteiger partial charge in [0.2, 0.25) is 0 Å². The number of rotatable bonds is 2. The predicted octanol–water partition coefficient (Wildman–Crippen LogP) is 1.51. The second-order valence-electron chi connectivity index (χ2n) is 3.16. The fraction of sp³-hybridized carbons (Fsp3) is 0.857. The molecule has 1 heterocycles. The maximum atomic E-state index is 10.6. The number of hydrogen-bond acceptors (Lipinski definition) is 3. The van der Waals surface area contributed by atoms with Gasteiger partial charge in [0.05, 0.1) is 5.92 Å². The summed E-state index contributed by atoms with van der Waals surface area (Å²) >= 11 is 5.92. The molecular weight excluding hydrogens is 180 g/mol. The zero-order chi connectivity index (χ0) is 8.48. The number of thioether (sulfide) groups is 1. The molecule has 2 nitrogen and oxygen atoms in total. The predicted molar refractivity (Wildman–Crippen MR) is 50.5 cm³/mol. The Bertz CT molecular complexity index is 172. The lowest BCUT2D eigenvalue weighted by molar-refractivity contribution is -0.141. The SMILES string of the molecule is CC1(CS)CC(C(=O)O)CS1. The summed E-state index contributed by atoms with van der Waals surface area (Å²) in [5.74, 6) is 0.688. The first-order valence-electron chi connectivity index (χ1n) is 3.55. The summed E-state index contributed by atoms with van der Waals surface area (Å²) in [5, 5.41) is 8.70. The Balaban J connectivity index is 2.53. The minimum absolute atomic E-state index is 0.0895. The summed E-state index contributed by atoms with van der Waals surface area (Å²) in [5.41, 5.74) is 0. The number of carboxylic acids is 1. The number of thiol groups is 1. The molecule has 1 saturated heterocycles. The van der Waals surface area contributed by atoms with Gasteiger partial charge in [-0.3, -0.25) is 4.79 Å². The highest BCUT2D eigenvalue weighted by atomic mass is 32.2. The number of carbonyl (C=O) groups is 1. The second-order valence-corrected chi connectivity index (χ2v) is 5.08. The molecule has 64 valence electrons. The molecule has 0 amide bonds. The molecule has 1 aliphatic rings. The summed E-state index contributed by atoms with van der Waals surface area (Å²) in [6, 6.07) is 0. The first-order chi connectivity index (χ1) is 5.07. The lowest BCUT2D eigenvalue weighted by Gasteiger charge is -2.18. The molecule has 1 rings (SSSR count). The van der Waals surface area contributed by atoms with E-state index in [1.807, 2.05) is 0 Å². The Kier molecular flexibility index (Phi) is 2.75. The first-order valence-corrected chi connectivity index (χ1v) is 5.17. The number of hydrogen-bond donors (Lipinski definition) is 2. The highest BCUT2D eigenvalue weighted by Gasteiger charge is 2.38. The summed E-state index contributed by atoms with van der Waals surface area (Å²) in [6.07, 6.45) is 0.760. The van der Waals surface area contributed by atoms with Crippen molar-refractivity contribution in [3.63, 3.8) is 0 Å². The van der Waals surface area contributed by atoms with Gasteiger partial charge < -0.3 is 5.11 Å². The normalized spacial score (nSPS) is 37.5. The highest BCUT2D eigenvalue weighted by Crippen LogP contribution is 2.41. The van der Waals surface area contributed by atoms with Crippen molar-refractivity contribution in [1.82, 2.24) is 0 Å². The van der Waals surface area contributed by atoms with Gasteiger partial charge in [0.25, 0.3) is 0 Å². The molecule has 0 bridgehead atoms. The molecule has 1 fully saturated rings. The first kappa shape index (κ1) is 9.26. The summed E-state index contributed by atoms with van der Waals surface area (Å²) in [6.45, 7) is 2.08. The molecule has 0 aromatic carbocycles. The van der Waals surface area contributed by atoms with Crippen molar-refractivity contribution in [2.75, 3.05) is 11.5 Å². The molecule has 1 aliphatic heterocycles. The van der Waals surface area contributed by atoms with Crippen LogP contribution < -0.4 is 0 Å². The van der Waals surface area contributed by atoms with Gasteiger partial charge in [0, 0.05) is 16.3 Å². The molecule has 0 saturated carbocycles. The fourth-order valence-electron chi connectivity index (χ4n) is 1.21. The van der Waals surface area contributed by atoms with Crippen molar-refractivity contribution in [2.24, 2.45) is 5.92 Å². The molecule has 2 unspecified atom stereocenters. The van der Waals surface area contributed by atoms with Crippen LogP contribution in [0.15, 0.2) is 0 Å². The standard InChI is InChI=1S/C7H12O2S2/c1-7(4-10)2-5(3-11-7)6(8)9/h5,10H,2-4H2,1H3,(H,8,9). The average Bonchev–Trinajstić information content (AvgIpc) is 2.33. The third kappa shape index (κ3) is 2.06. The number of aliphatic carboxylic acids is 1. The van der Waals surface area contributed by atoms with Gasteiger partial charge in [-0.05, 0) is 13.3 Å². The van der Waals surface area contributed by atoms with Crippen LogP contribution >= 0.6 is 24.4 Å². The van der Waals surface area contributed by atoms with E-state index in [-0.39, 0.29) is 10.7 Å². The van der Waals surface area contributed by atoms with Crippen LogP contribution in [0.1, 0.15) is 13.3 Å². The molecule has 0 aromatic heterocycles. The largest absolute Gasteiger partial charge is 0.481 e. The van der Waals surface area contributed by atoms with Gasteiger partial charge in [-0.25, -0.2) is 0 Å². The molecular formula is C7H12O2S2. The monoisotopic (exact) mass is 192 g/mol. The van der Waals surface area contributed by atoms with Crippen molar-refractivity contribution < 1.29 is 9.90 Å². The Labute approximate surface area is 76.2 Å². The molecule has 0 aliphatic carbocycles. The van der Waals surface area contributed by atoms with Gasteiger partial charge in [0.15, 0.2) is 0 Å². The van der Waals surface area contributed by atoms with E-state index < -0.39 is 5.97 Å². The summed E-state index contributed by atoms with van der Waals surface area (Å²) in [4.78, 5) is 10.6. The minimum Gasteiger partial charge on any atom is -0.481 e. The van der Waals surface area contributed by atoms with E-state index in [4.69, 9.17) is 5.11 Å². The van der Waals surface area contributed by atoms with Crippen LogP contribution in [0.3, 0.4) is 0 Å². The van der Waals surface area contributed by atoms with Gasteiger partial charge >= 0.3 is 5.97 Å². The topological polar surface area (TPSA) is 37.3 Å². The Morgan fingerprint density at radius 2 is 2.55 bits per heavy atom. The van der Waals surface area contributed by atoms with Crippen LogP contribution in [0, 0.1) is 5.92 Å². The van der Waals surface area contributed by atoms with E-state index in [0.29, 0.717) is 0 Å². The fourth-order valence-corrected chi connectivity index (χ4v) is 2.89. The molecule has 0 spiro atoms. The van der Waals surface area contributed by atoms with Gasteiger partial charge in [-0.15, -0.1) is 0 Å². The summed E-state index contributed by atoms with van der Waals surface area (Å²) in [7, 11) is 0. The van der Waals surface area contributed by atoms with Gasteiger partial charge in [-0.2, -0.15) is 24.4 Å². The average molecular weight is 192 g/mol. The maximum absolute atomic E-state index is 10.6. The summed E-state index contributed by atoms with van der Waals surface area (Å²) < 4.78 is 0.0895. The lowest BCUT2D eigenvalue weighted by atomic mass is 9.99. The van der Waals surface area contributed by atoms with Gasteiger partial charge in [0.1, 0.15) is 0 Å². The molecule has 0 aromatic rings. The van der Waals surface area contributed by atoms with E-state index in [2.05, 4.69) is 19.6 Å². The molecule has 2 atom stereocenters. The smallest absolute Gasteiger partial charge is 0.307 e. The van der Waals surface area contributed by atoms with E-state index in [0.717, 1.165) is 17.9 Å². The Morgan fingerprint density at radius 3 is 2.82 bits per heavy atom. The van der Waals surface area contributed by atoms with E-state index in [1.165, 1.54) is 0 Å². The zero-order valence-corrected chi connectivity index (χ0v) is 8.12. The van der Waals surface area contributed by atoms with Crippen LogP contribution in [0.25, 0.3) is 0 Å². The van der Waals surface area contributed by atoms with Crippen LogP contribution in [0.4, 0.5) is 0 Å². The van der Waals surface area contributed by atoms with Gasteiger partial charge in [-0.1, -0.05) is 0 Å². The van der Waals surface area contributed by atoms with Crippen LogP contribution in [0.5, 0.6) is 0 Å². The third-order valence-electron chi connectivity index (χ3n) is 1.99. The van der Waals surface area contributed by atoms with Crippen molar-refractivity contribution in [1.29, 1.82) is 0 Å². The quantitative estimate of drug-likeness (QED) is 0.651. The van der Waals surface area contributed by atoms with Crippen LogP contribution in [0.2, 0.25) is 0 Å². The molecule has 1 N–H and O–H groups in total. The molecule has 0 radical (unpaired) electrons. The Hall–Kier alpha value is 0.170. The third-order valence-corrected chi connectivity index (χ3v) is 4.48. The lowest BCUT2D eigenvalue weighted by Crippen LogP contribution is -2.21. The van der Waals surface area contributed by atoms with Crippen molar-refractivity contribution in [3.8, 4) is 0 Å². The van der Waals surface area contributed by atoms with Crippen LogP contribution in [-0.2, 0) is 4.79 Å². The van der Waals surface area contributed by atoms with E-state index >= 15 is 0 Å². The van der Waals surface area contributed by atoms with Crippen molar-refractivity contribution >= 4 is 30.4 Å². The maximum Gasteiger partial charge on any atom is 0.307 e. The Morgan fingerprint density at radius 1 is 1.91 bits per heavy atom. The van der Waals surface area contributed by atoms with Crippen LogP contribution in [-0.4, -0.2) is 27.3 Å². The highest BCUT2D eigenvalue weighted by molar-refractivity contribution is 8.01.